The Morgan fingerprint density at radius 2 is 1.81 bits per heavy atom. The Hall–Kier alpha value is -1.20. The molecule has 21 heavy (non-hydrogen) atoms. The quantitative estimate of drug-likeness (QED) is 0.801. The van der Waals surface area contributed by atoms with Crippen molar-refractivity contribution in [3.63, 3.8) is 0 Å². The lowest BCUT2D eigenvalue weighted by Gasteiger charge is -2.31. The van der Waals surface area contributed by atoms with Crippen molar-refractivity contribution in [3.05, 3.63) is 29.8 Å². The third-order valence-electron chi connectivity index (χ3n) is 4.30. The normalized spacial score (nSPS) is 20.0. The summed E-state index contributed by atoms with van der Waals surface area (Å²) in [6, 6.07) is 7.75. The molecule has 116 valence electrons. The first-order valence-electron chi connectivity index (χ1n) is 7.68. The molecule has 0 amide bonds. The van der Waals surface area contributed by atoms with Gasteiger partial charge in [0.05, 0.1) is 0 Å². The average molecular weight is 296 g/mol. The third-order valence-corrected chi connectivity index (χ3v) is 4.30. The van der Waals surface area contributed by atoms with Crippen molar-refractivity contribution in [3.8, 4) is 5.75 Å². The van der Waals surface area contributed by atoms with Crippen molar-refractivity contribution >= 4 is 0 Å². The molecule has 1 aromatic carbocycles. The Balaban J connectivity index is 1.71. The highest BCUT2D eigenvalue weighted by molar-refractivity contribution is 5.29. The summed E-state index contributed by atoms with van der Waals surface area (Å²) < 4.78 is 28.8. The molecule has 2 N–H and O–H groups in total. The molecule has 0 aromatic heterocycles. The van der Waals surface area contributed by atoms with Gasteiger partial charge in [0.2, 0.25) is 0 Å². The number of benzene rings is 1. The summed E-state index contributed by atoms with van der Waals surface area (Å²) in [5.74, 6) is 1.02. The van der Waals surface area contributed by atoms with Crippen LogP contribution in [0.15, 0.2) is 24.3 Å². The molecule has 5 heteroatoms. The van der Waals surface area contributed by atoms with Crippen molar-refractivity contribution < 1.29 is 13.5 Å². The second kappa shape index (κ2) is 6.28. The minimum Gasteiger partial charge on any atom is -0.435 e. The van der Waals surface area contributed by atoms with E-state index in [0.717, 1.165) is 18.0 Å². The van der Waals surface area contributed by atoms with E-state index in [1.165, 1.54) is 25.7 Å². The Morgan fingerprint density at radius 1 is 1.14 bits per heavy atom. The largest absolute Gasteiger partial charge is 0.435 e. The van der Waals surface area contributed by atoms with Gasteiger partial charge in [0, 0.05) is 25.2 Å². The van der Waals surface area contributed by atoms with Crippen molar-refractivity contribution in [2.75, 3.05) is 13.1 Å². The van der Waals surface area contributed by atoms with Crippen LogP contribution in [-0.4, -0.2) is 30.6 Å². The van der Waals surface area contributed by atoms with Gasteiger partial charge in [-0.25, -0.2) is 0 Å². The fraction of sp³-hybridized carbons (Fsp3) is 0.625. The van der Waals surface area contributed by atoms with Gasteiger partial charge in [-0.05, 0) is 49.3 Å². The molecule has 0 bridgehead atoms. The number of halogens is 2. The van der Waals surface area contributed by atoms with Crippen LogP contribution in [-0.2, 0) is 0 Å². The predicted octanol–water partition coefficient (Wildman–Crippen LogP) is 3.16. The highest BCUT2D eigenvalue weighted by Crippen LogP contribution is 2.39. The molecule has 3 rings (SSSR count). The van der Waals surface area contributed by atoms with E-state index < -0.39 is 6.61 Å². The number of rotatable bonds is 8. The topological polar surface area (TPSA) is 38.5 Å². The van der Waals surface area contributed by atoms with E-state index in [9.17, 15) is 8.78 Å². The van der Waals surface area contributed by atoms with Crippen molar-refractivity contribution in [1.82, 2.24) is 4.90 Å². The van der Waals surface area contributed by atoms with Crippen LogP contribution in [0.25, 0.3) is 0 Å². The first-order valence-corrected chi connectivity index (χ1v) is 7.68. The van der Waals surface area contributed by atoms with Gasteiger partial charge in [-0.1, -0.05) is 12.1 Å². The van der Waals surface area contributed by atoms with Crippen molar-refractivity contribution in [2.24, 2.45) is 11.7 Å². The lowest BCUT2D eigenvalue weighted by Crippen LogP contribution is -2.37. The van der Waals surface area contributed by atoms with Crippen LogP contribution in [0.3, 0.4) is 0 Å². The minimum absolute atomic E-state index is 0.179. The molecule has 2 saturated carbocycles. The molecule has 1 aromatic rings. The van der Waals surface area contributed by atoms with Gasteiger partial charge in [-0.3, -0.25) is 4.90 Å². The monoisotopic (exact) mass is 296 g/mol. The predicted molar refractivity (Wildman–Crippen MR) is 77.3 cm³/mol. The van der Waals surface area contributed by atoms with Gasteiger partial charge < -0.3 is 10.5 Å². The van der Waals surface area contributed by atoms with Crippen molar-refractivity contribution in [1.29, 1.82) is 0 Å². The molecule has 3 nitrogen and oxygen atoms in total. The van der Waals surface area contributed by atoms with Crippen LogP contribution < -0.4 is 10.5 Å². The van der Waals surface area contributed by atoms with Gasteiger partial charge in [-0.2, -0.15) is 8.78 Å². The number of hydrogen-bond donors (Lipinski definition) is 1. The fourth-order valence-electron chi connectivity index (χ4n) is 2.87. The van der Waals surface area contributed by atoms with E-state index in [4.69, 9.17) is 5.73 Å². The van der Waals surface area contributed by atoms with Crippen LogP contribution in [0.5, 0.6) is 5.75 Å². The highest BCUT2D eigenvalue weighted by Gasteiger charge is 2.37. The zero-order chi connectivity index (χ0) is 14.8. The molecular formula is C16H22F2N2O. The summed E-state index contributed by atoms with van der Waals surface area (Å²) in [7, 11) is 0. The molecule has 2 aliphatic carbocycles. The summed E-state index contributed by atoms with van der Waals surface area (Å²) >= 11 is 0. The van der Waals surface area contributed by atoms with Crippen LogP contribution in [0.1, 0.15) is 37.3 Å². The van der Waals surface area contributed by atoms with Crippen LogP contribution >= 0.6 is 0 Å². The molecule has 2 fully saturated rings. The summed E-state index contributed by atoms with van der Waals surface area (Å²) in [4.78, 5) is 2.51. The summed E-state index contributed by atoms with van der Waals surface area (Å²) in [5.41, 5.74) is 7.08. The molecular weight excluding hydrogens is 274 g/mol. The second-order valence-corrected chi connectivity index (χ2v) is 6.07. The van der Waals surface area contributed by atoms with Crippen molar-refractivity contribution in [2.45, 2.75) is 44.4 Å². The smallest absolute Gasteiger partial charge is 0.387 e. The van der Waals surface area contributed by atoms with Gasteiger partial charge >= 0.3 is 6.61 Å². The molecule has 2 aliphatic rings. The molecule has 1 unspecified atom stereocenters. The third kappa shape index (κ3) is 3.92. The van der Waals surface area contributed by atoms with E-state index in [-0.39, 0.29) is 11.8 Å². The molecule has 0 saturated heterocycles. The lowest BCUT2D eigenvalue weighted by molar-refractivity contribution is -0.0498. The van der Waals surface area contributed by atoms with Gasteiger partial charge in [-0.15, -0.1) is 0 Å². The number of nitrogens with zero attached hydrogens (tertiary/aromatic N) is 1. The molecule has 0 aliphatic heterocycles. The van der Waals surface area contributed by atoms with E-state index >= 15 is 0 Å². The summed E-state index contributed by atoms with van der Waals surface area (Å²) in [6.45, 7) is -1.11. The molecule has 0 heterocycles. The zero-order valence-electron chi connectivity index (χ0n) is 12.1. The average Bonchev–Trinajstić information content (AvgIpc) is 3.34. The second-order valence-electron chi connectivity index (χ2n) is 6.07. The SMILES string of the molecule is NCC(c1ccc(OC(F)F)cc1)N(CC1CC1)C1CC1. The first kappa shape index (κ1) is 14.7. The Labute approximate surface area is 124 Å². The number of hydrogen-bond acceptors (Lipinski definition) is 3. The van der Waals surface area contributed by atoms with E-state index in [2.05, 4.69) is 9.64 Å². The van der Waals surface area contributed by atoms with Gasteiger partial charge in [0.15, 0.2) is 0 Å². The van der Waals surface area contributed by atoms with Gasteiger partial charge in [0.25, 0.3) is 0 Å². The number of nitrogens with two attached hydrogens (primary N) is 1. The first-order chi connectivity index (χ1) is 10.2. The summed E-state index contributed by atoms with van der Waals surface area (Å²) in [6.07, 6.45) is 5.13. The molecule has 0 spiro atoms. The maximum Gasteiger partial charge on any atom is 0.387 e. The minimum atomic E-state index is -2.78. The fourth-order valence-corrected chi connectivity index (χ4v) is 2.87. The maximum atomic E-state index is 12.2. The lowest BCUT2D eigenvalue weighted by atomic mass is 10.0. The van der Waals surface area contributed by atoms with Gasteiger partial charge in [0.1, 0.15) is 5.75 Å². The highest BCUT2D eigenvalue weighted by atomic mass is 19.3. The van der Waals surface area contributed by atoms with Crippen LogP contribution in [0.2, 0.25) is 0 Å². The standard InChI is InChI=1S/C16H22F2N2O/c17-16(18)21-14-7-3-12(4-8-14)15(9-19)20(13-5-6-13)10-11-1-2-11/h3-4,7-8,11,13,15-16H,1-2,5-6,9-10,19H2. The summed E-state index contributed by atoms with van der Waals surface area (Å²) in [5, 5.41) is 0. The molecule has 1 atom stereocenters. The van der Waals surface area contributed by atoms with Crippen LogP contribution in [0, 0.1) is 5.92 Å². The molecule has 0 radical (unpaired) electrons. The van der Waals surface area contributed by atoms with E-state index in [1.807, 2.05) is 12.1 Å². The Morgan fingerprint density at radius 3 is 2.29 bits per heavy atom. The van der Waals surface area contributed by atoms with E-state index in [0.29, 0.717) is 12.6 Å². The Bertz CT molecular complexity index is 458. The zero-order valence-corrected chi connectivity index (χ0v) is 12.1. The van der Waals surface area contributed by atoms with Crippen LogP contribution in [0.4, 0.5) is 8.78 Å². The number of ether oxygens (including phenoxy) is 1. The maximum absolute atomic E-state index is 12.2. The number of alkyl halides is 2. The van der Waals surface area contributed by atoms with E-state index in [1.54, 1.807) is 12.1 Å². The Kier molecular flexibility index (Phi) is 4.40.